The Kier molecular flexibility index (Phi) is 14.5. The lowest BCUT2D eigenvalue weighted by molar-refractivity contribution is -0.314. The predicted molar refractivity (Wildman–Crippen MR) is 211 cm³/mol. The Hall–Kier alpha value is -1.10. The van der Waals surface area contributed by atoms with Crippen LogP contribution in [0.2, 0.25) is 0 Å². The van der Waals surface area contributed by atoms with E-state index in [1.165, 1.54) is 116 Å². The van der Waals surface area contributed by atoms with E-state index in [9.17, 15) is 0 Å². The number of piperidine rings is 2. The molecule has 0 bridgehead atoms. The fourth-order valence-electron chi connectivity index (χ4n) is 10.7. The van der Waals surface area contributed by atoms with Gasteiger partial charge < -0.3 is 5.32 Å². The van der Waals surface area contributed by atoms with E-state index in [2.05, 4.69) is 81.7 Å². The third kappa shape index (κ3) is 11.9. The maximum absolute atomic E-state index is 6.71. The van der Waals surface area contributed by atoms with Crippen molar-refractivity contribution in [2.24, 2.45) is 16.9 Å². The molecule has 3 N–H and O–H groups in total. The lowest BCUT2D eigenvalue weighted by atomic mass is 9.73. The van der Waals surface area contributed by atoms with E-state index in [-0.39, 0.29) is 22.2 Å². The van der Waals surface area contributed by atoms with Crippen LogP contribution in [-0.2, 0) is 9.68 Å². The van der Waals surface area contributed by atoms with Crippen LogP contribution < -0.4 is 16.2 Å². The zero-order valence-electron chi connectivity index (χ0n) is 33.9. The third-order valence-corrected chi connectivity index (χ3v) is 12.5. The number of hydroxylamine groups is 4. The number of hydrazine groups is 2. The van der Waals surface area contributed by atoms with Crippen LogP contribution in [-0.4, -0.2) is 68.6 Å². The zero-order valence-corrected chi connectivity index (χ0v) is 34.7. The molecule has 0 unspecified atom stereocenters. The van der Waals surface area contributed by atoms with Crippen LogP contribution in [0.1, 0.15) is 184 Å². The number of hydrogen-bond acceptors (Lipinski definition) is 9. The summed E-state index contributed by atoms with van der Waals surface area (Å²) in [6, 6.07) is 0. The average molecular weight is 735 g/mol. The van der Waals surface area contributed by atoms with Gasteiger partial charge in [-0.15, -0.1) is 10.3 Å². The van der Waals surface area contributed by atoms with Gasteiger partial charge in [0, 0.05) is 41.3 Å². The number of amidine groups is 1. The van der Waals surface area contributed by atoms with Crippen LogP contribution in [0.4, 0.5) is 0 Å². The maximum Gasteiger partial charge on any atom is 0.152 e. The Balaban J connectivity index is 0.969. The molecule has 0 amide bonds. The molecule has 0 spiro atoms. The molecule has 51 heavy (non-hydrogen) atoms. The molecule has 4 fully saturated rings. The van der Waals surface area contributed by atoms with Gasteiger partial charge in [0.25, 0.3) is 0 Å². The van der Waals surface area contributed by atoms with E-state index in [1.807, 2.05) is 6.08 Å². The van der Waals surface area contributed by atoms with Gasteiger partial charge in [-0.25, -0.2) is 0 Å². The molecule has 0 atom stereocenters. The first-order chi connectivity index (χ1) is 24.1. The van der Waals surface area contributed by atoms with Gasteiger partial charge in [0.1, 0.15) is 5.16 Å². The molecule has 9 nitrogen and oxygen atoms in total. The summed E-state index contributed by atoms with van der Waals surface area (Å²) in [4.78, 5) is 13.4. The Labute approximate surface area is 317 Å². The normalized spacial score (nSPS) is 26.8. The Morgan fingerprint density at radius 3 is 1.55 bits per heavy atom. The van der Waals surface area contributed by atoms with Gasteiger partial charge in [0.15, 0.2) is 5.84 Å². The van der Waals surface area contributed by atoms with Gasteiger partial charge in [-0.1, -0.05) is 75.8 Å². The SMILES string of the molecule is CC1(C)CC(CCCCNC2=NN(NCCCCC3CC(C)(C)N(OC4CCCCC4)C(C)(C)C3)NC(Cl)=C2)CC(C)(C)N1OC1CCCCC1. The topological polar surface area (TPSA) is 76.6 Å². The van der Waals surface area contributed by atoms with Gasteiger partial charge >= 0.3 is 0 Å². The fraction of sp³-hybridized carbons (Fsp3) is 0.927. The van der Waals surface area contributed by atoms with Crippen molar-refractivity contribution in [1.29, 1.82) is 0 Å². The summed E-state index contributed by atoms with van der Waals surface area (Å²) in [6.45, 7) is 20.8. The molecule has 10 heteroatoms. The van der Waals surface area contributed by atoms with Crippen molar-refractivity contribution >= 4 is 17.4 Å². The Bertz CT molecular complexity index is 1110. The summed E-state index contributed by atoms with van der Waals surface area (Å²) < 4.78 is 0. The lowest BCUT2D eigenvalue weighted by Gasteiger charge is -2.55. The molecule has 2 saturated carbocycles. The van der Waals surface area contributed by atoms with Crippen molar-refractivity contribution in [1.82, 2.24) is 31.5 Å². The van der Waals surface area contributed by atoms with Gasteiger partial charge in [0.05, 0.1) is 12.2 Å². The third-order valence-electron chi connectivity index (χ3n) is 12.3. The second-order valence-corrected chi connectivity index (χ2v) is 19.8. The number of rotatable bonds is 15. The number of nitrogens with zero attached hydrogens (tertiary/aromatic N) is 4. The van der Waals surface area contributed by atoms with E-state index in [1.54, 1.807) is 5.23 Å². The first-order valence-corrected chi connectivity index (χ1v) is 21.4. The molecule has 2 aliphatic carbocycles. The van der Waals surface area contributed by atoms with Crippen molar-refractivity contribution in [3.8, 4) is 0 Å². The highest BCUT2D eigenvalue weighted by Gasteiger charge is 2.48. The monoisotopic (exact) mass is 734 g/mol. The van der Waals surface area contributed by atoms with Gasteiger partial charge in [0.2, 0.25) is 0 Å². The highest BCUT2D eigenvalue weighted by molar-refractivity contribution is 6.30. The van der Waals surface area contributed by atoms with E-state index in [4.69, 9.17) is 26.4 Å². The molecule has 0 aromatic heterocycles. The van der Waals surface area contributed by atoms with Gasteiger partial charge in [-0.3, -0.25) is 15.1 Å². The standard InChI is InChI=1S/C41H76ClN7O2/c1-38(2)28-32(29-39(3,4)47(38)50-34-21-11-9-12-22-34)19-15-17-25-43-37-27-36(42)45-49(46-37)44-26-18-16-20-33-30-40(5,6)48(41(7,8)31-33)51-35-23-13-10-14-24-35/h27,32-35,44-45H,9-26,28-31H2,1-8H3,(H,43,46). The molecule has 0 aromatic carbocycles. The van der Waals surface area contributed by atoms with Crippen LogP contribution in [0.3, 0.4) is 0 Å². The number of hydrazone groups is 1. The van der Waals surface area contributed by atoms with Crippen LogP contribution in [0.25, 0.3) is 0 Å². The minimum Gasteiger partial charge on any atom is -0.368 e. The second-order valence-electron chi connectivity index (χ2n) is 19.3. The summed E-state index contributed by atoms with van der Waals surface area (Å²) in [6.07, 6.45) is 27.4. The van der Waals surface area contributed by atoms with E-state index >= 15 is 0 Å². The smallest absolute Gasteiger partial charge is 0.152 e. The molecule has 294 valence electrons. The number of hydrogen-bond donors (Lipinski definition) is 3. The summed E-state index contributed by atoms with van der Waals surface area (Å²) in [7, 11) is 0. The van der Waals surface area contributed by atoms with E-state index in [0.717, 1.165) is 37.7 Å². The zero-order chi connectivity index (χ0) is 36.7. The second kappa shape index (κ2) is 18.0. The van der Waals surface area contributed by atoms with Gasteiger partial charge in [-0.2, -0.15) is 15.6 Å². The average Bonchev–Trinajstić information content (AvgIpc) is 3.04. The summed E-state index contributed by atoms with van der Waals surface area (Å²) >= 11 is 6.46. The molecular formula is C41H76ClN7O2. The van der Waals surface area contributed by atoms with Crippen molar-refractivity contribution < 1.29 is 9.68 Å². The molecule has 0 radical (unpaired) electrons. The quantitative estimate of drug-likeness (QED) is 0.114. The molecule has 5 rings (SSSR count). The van der Waals surface area contributed by atoms with E-state index < -0.39 is 0 Å². The molecule has 3 aliphatic heterocycles. The fourth-order valence-corrected chi connectivity index (χ4v) is 10.8. The van der Waals surface area contributed by atoms with Crippen molar-refractivity contribution in [3.63, 3.8) is 0 Å². The minimum absolute atomic E-state index is 0.0515. The highest BCUT2D eigenvalue weighted by atomic mass is 35.5. The largest absolute Gasteiger partial charge is 0.368 e. The van der Waals surface area contributed by atoms with E-state index in [0.29, 0.717) is 23.3 Å². The van der Waals surface area contributed by atoms with Gasteiger partial charge in [-0.05, 0) is 131 Å². The van der Waals surface area contributed by atoms with Crippen LogP contribution in [0.15, 0.2) is 16.3 Å². The molecule has 5 aliphatic rings. The Morgan fingerprint density at radius 2 is 1.10 bits per heavy atom. The van der Waals surface area contributed by atoms with Crippen molar-refractivity contribution in [3.05, 3.63) is 11.2 Å². The van der Waals surface area contributed by atoms with Crippen LogP contribution >= 0.6 is 11.6 Å². The van der Waals surface area contributed by atoms with Crippen molar-refractivity contribution in [2.75, 3.05) is 13.1 Å². The minimum atomic E-state index is 0.0515. The molecule has 0 aromatic rings. The molecular weight excluding hydrogens is 658 g/mol. The van der Waals surface area contributed by atoms with Crippen molar-refractivity contribution in [2.45, 2.75) is 218 Å². The van der Waals surface area contributed by atoms with Crippen LogP contribution in [0, 0.1) is 11.8 Å². The number of unbranched alkanes of at least 4 members (excludes halogenated alkanes) is 2. The predicted octanol–water partition coefficient (Wildman–Crippen LogP) is 9.70. The lowest BCUT2D eigenvalue weighted by Crippen LogP contribution is -2.61. The Morgan fingerprint density at radius 1 is 0.667 bits per heavy atom. The first-order valence-electron chi connectivity index (χ1n) is 21.1. The highest BCUT2D eigenvalue weighted by Crippen LogP contribution is 2.46. The maximum atomic E-state index is 6.71. The number of nitrogens with one attached hydrogen (secondary N) is 3. The summed E-state index contributed by atoms with van der Waals surface area (Å²) in [5.74, 6) is 2.23. The van der Waals surface area contributed by atoms with Crippen LogP contribution in [0.5, 0.6) is 0 Å². The molecule has 3 heterocycles. The summed E-state index contributed by atoms with van der Waals surface area (Å²) in [5, 5.41) is 15.2. The molecule has 2 saturated heterocycles. The summed E-state index contributed by atoms with van der Waals surface area (Å²) in [5.41, 5.74) is 6.76. The number of halogens is 1. The first kappa shape index (κ1) is 41.1.